The van der Waals surface area contributed by atoms with Gasteiger partial charge in [-0.2, -0.15) is 0 Å². The monoisotopic (exact) mass is 275 g/mol. The van der Waals surface area contributed by atoms with Gasteiger partial charge in [0.05, 0.1) is 5.41 Å². The number of carbonyl (C=O) groups is 1. The predicted octanol–water partition coefficient (Wildman–Crippen LogP) is 1.78. The SMILES string of the molecule is Cc1cccc2oc(CCNC(=O)C(C)(C)CN)nc12. The molecule has 1 aromatic carbocycles. The summed E-state index contributed by atoms with van der Waals surface area (Å²) in [4.78, 5) is 16.3. The number of hydrogen-bond donors (Lipinski definition) is 2. The minimum absolute atomic E-state index is 0.0488. The van der Waals surface area contributed by atoms with Crippen LogP contribution >= 0.6 is 0 Å². The average molecular weight is 275 g/mol. The largest absolute Gasteiger partial charge is 0.441 e. The van der Waals surface area contributed by atoms with Gasteiger partial charge in [0.1, 0.15) is 5.52 Å². The Kier molecular flexibility index (Phi) is 4.09. The lowest BCUT2D eigenvalue weighted by Gasteiger charge is -2.20. The second-order valence-electron chi connectivity index (χ2n) is 5.62. The fraction of sp³-hybridized carbons (Fsp3) is 0.467. The summed E-state index contributed by atoms with van der Waals surface area (Å²) in [5, 5.41) is 2.86. The van der Waals surface area contributed by atoms with Crippen LogP contribution in [0.1, 0.15) is 25.3 Å². The second-order valence-corrected chi connectivity index (χ2v) is 5.62. The first-order chi connectivity index (χ1) is 9.44. The van der Waals surface area contributed by atoms with Gasteiger partial charge in [-0.15, -0.1) is 0 Å². The van der Waals surface area contributed by atoms with E-state index in [1.807, 2.05) is 39.0 Å². The number of hydrogen-bond acceptors (Lipinski definition) is 4. The Bertz CT molecular complexity index is 617. The van der Waals surface area contributed by atoms with Gasteiger partial charge >= 0.3 is 0 Å². The fourth-order valence-corrected chi connectivity index (χ4v) is 1.85. The van der Waals surface area contributed by atoms with Crippen molar-refractivity contribution >= 4 is 17.0 Å². The van der Waals surface area contributed by atoms with Gasteiger partial charge in [-0.25, -0.2) is 4.98 Å². The lowest BCUT2D eigenvalue weighted by Crippen LogP contribution is -2.42. The number of aromatic nitrogens is 1. The van der Waals surface area contributed by atoms with E-state index >= 15 is 0 Å². The van der Waals surface area contributed by atoms with E-state index < -0.39 is 5.41 Å². The molecule has 0 aliphatic carbocycles. The highest BCUT2D eigenvalue weighted by Gasteiger charge is 2.25. The number of rotatable bonds is 5. The highest BCUT2D eigenvalue weighted by Crippen LogP contribution is 2.19. The van der Waals surface area contributed by atoms with Crippen LogP contribution in [0.15, 0.2) is 22.6 Å². The number of amides is 1. The second kappa shape index (κ2) is 5.63. The summed E-state index contributed by atoms with van der Waals surface area (Å²) in [6, 6.07) is 5.84. The molecule has 1 amide bonds. The summed E-state index contributed by atoms with van der Waals surface area (Å²) in [5.41, 5.74) is 7.78. The fourth-order valence-electron chi connectivity index (χ4n) is 1.85. The molecule has 1 aromatic heterocycles. The van der Waals surface area contributed by atoms with Gasteiger partial charge in [0, 0.05) is 19.5 Å². The number of nitrogens with one attached hydrogen (secondary N) is 1. The number of carbonyl (C=O) groups excluding carboxylic acids is 1. The number of nitrogens with zero attached hydrogens (tertiary/aromatic N) is 1. The quantitative estimate of drug-likeness (QED) is 0.871. The van der Waals surface area contributed by atoms with Crippen LogP contribution in [0.3, 0.4) is 0 Å². The van der Waals surface area contributed by atoms with Gasteiger partial charge < -0.3 is 15.5 Å². The topological polar surface area (TPSA) is 81.2 Å². The van der Waals surface area contributed by atoms with Crippen molar-refractivity contribution in [3.63, 3.8) is 0 Å². The lowest BCUT2D eigenvalue weighted by atomic mass is 9.93. The van der Waals surface area contributed by atoms with Crippen LogP contribution in [0.2, 0.25) is 0 Å². The van der Waals surface area contributed by atoms with Crippen molar-refractivity contribution in [1.29, 1.82) is 0 Å². The van der Waals surface area contributed by atoms with E-state index in [4.69, 9.17) is 10.2 Å². The van der Waals surface area contributed by atoms with Gasteiger partial charge in [0.25, 0.3) is 0 Å². The number of oxazole rings is 1. The van der Waals surface area contributed by atoms with E-state index in [2.05, 4.69) is 10.3 Å². The Morgan fingerprint density at radius 1 is 1.45 bits per heavy atom. The van der Waals surface area contributed by atoms with E-state index in [0.29, 0.717) is 25.4 Å². The minimum Gasteiger partial charge on any atom is -0.441 e. The molecule has 0 bridgehead atoms. The van der Waals surface area contributed by atoms with Crippen LogP contribution in [0.5, 0.6) is 0 Å². The molecular weight excluding hydrogens is 254 g/mol. The first-order valence-electron chi connectivity index (χ1n) is 6.77. The molecule has 0 saturated carbocycles. The molecule has 5 nitrogen and oxygen atoms in total. The maximum Gasteiger partial charge on any atom is 0.226 e. The molecule has 0 radical (unpaired) electrons. The van der Waals surface area contributed by atoms with Gasteiger partial charge in [-0.3, -0.25) is 4.79 Å². The van der Waals surface area contributed by atoms with Crippen LogP contribution in [-0.4, -0.2) is 24.0 Å². The summed E-state index contributed by atoms with van der Waals surface area (Å²) < 4.78 is 5.66. The Morgan fingerprint density at radius 2 is 2.20 bits per heavy atom. The van der Waals surface area contributed by atoms with Crippen molar-refractivity contribution in [3.05, 3.63) is 29.7 Å². The molecule has 1 heterocycles. The Morgan fingerprint density at radius 3 is 2.85 bits per heavy atom. The molecular formula is C15H21N3O2. The Balaban J connectivity index is 1.97. The highest BCUT2D eigenvalue weighted by molar-refractivity contribution is 5.82. The van der Waals surface area contributed by atoms with Crippen molar-refractivity contribution in [3.8, 4) is 0 Å². The molecule has 0 fully saturated rings. The van der Waals surface area contributed by atoms with E-state index in [-0.39, 0.29) is 5.91 Å². The molecule has 0 unspecified atom stereocenters. The smallest absolute Gasteiger partial charge is 0.226 e. The molecule has 2 rings (SSSR count). The Labute approximate surface area is 118 Å². The summed E-state index contributed by atoms with van der Waals surface area (Å²) >= 11 is 0. The number of fused-ring (bicyclic) bond motifs is 1. The third kappa shape index (κ3) is 2.99. The molecule has 108 valence electrons. The zero-order valence-corrected chi connectivity index (χ0v) is 12.2. The van der Waals surface area contributed by atoms with E-state index in [1.165, 1.54) is 0 Å². The van der Waals surface area contributed by atoms with E-state index in [9.17, 15) is 4.79 Å². The zero-order chi connectivity index (χ0) is 14.8. The third-order valence-electron chi connectivity index (χ3n) is 3.41. The van der Waals surface area contributed by atoms with Crippen LogP contribution in [-0.2, 0) is 11.2 Å². The maximum absolute atomic E-state index is 11.9. The normalized spacial score (nSPS) is 11.8. The minimum atomic E-state index is -0.544. The third-order valence-corrected chi connectivity index (χ3v) is 3.41. The number of aryl methyl sites for hydroxylation is 1. The summed E-state index contributed by atoms with van der Waals surface area (Å²) in [6.07, 6.45) is 0.570. The first-order valence-corrected chi connectivity index (χ1v) is 6.77. The molecule has 2 aromatic rings. The predicted molar refractivity (Wildman–Crippen MR) is 78.3 cm³/mol. The zero-order valence-electron chi connectivity index (χ0n) is 12.2. The molecule has 5 heteroatoms. The van der Waals surface area contributed by atoms with Gasteiger partial charge in [-0.1, -0.05) is 12.1 Å². The molecule has 0 spiro atoms. The standard InChI is InChI=1S/C15H21N3O2/c1-10-5-4-6-11-13(10)18-12(20-11)7-8-17-14(19)15(2,3)9-16/h4-6H,7-9,16H2,1-3H3,(H,17,19). The average Bonchev–Trinajstić information content (AvgIpc) is 2.83. The molecule has 3 N–H and O–H groups in total. The molecule has 0 atom stereocenters. The van der Waals surface area contributed by atoms with Crippen molar-refractivity contribution in [2.45, 2.75) is 27.2 Å². The van der Waals surface area contributed by atoms with Crippen molar-refractivity contribution in [2.75, 3.05) is 13.1 Å². The van der Waals surface area contributed by atoms with Gasteiger partial charge in [0.2, 0.25) is 5.91 Å². The van der Waals surface area contributed by atoms with Crippen LogP contribution < -0.4 is 11.1 Å². The highest BCUT2D eigenvalue weighted by atomic mass is 16.3. The van der Waals surface area contributed by atoms with Crippen LogP contribution in [0.25, 0.3) is 11.1 Å². The molecule has 0 saturated heterocycles. The summed E-state index contributed by atoms with van der Waals surface area (Å²) in [6.45, 7) is 6.46. The van der Waals surface area contributed by atoms with Crippen LogP contribution in [0.4, 0.5) is 0 Å². The van der Waals surface area contributed by atoms with E-state index in [0.717, 1.165) is 16.7 Å². The lowest BCUT2D eigenvalue weighted by molar-refractivity contribution is -0.128. The van der Waals surface area contributed by atoms with Gasteiger partial charge in [0.15, 0.2) is 11.5 Å². The van der Waals surface area contributed by atoms with Gasteiger partial charge in [-0.05, 0) is 32.4 Å². The Hall–Kier alpha value is -1.88. The molecule has 20 heavy (non-hydrogen) atoms. The maximum atomic E-state index is 11.9. The first kappa shape index (κ1) is 14.5. The number of benzene rings is 1. The van der Waals surface area contributed by atoms with Crippen molar-refractivity contribution < 1.29 is 9.21 Å². The molecule has 0 aliphatic rings. The summed E-state index contributed by atoms with van der Waals surface area (Å²) in [5.74, 6) is 0.590. The molecule has 0 aliphatic heterocycles. The number of nitrogens with two attached hydrogens (primary N) is 1. The van der Waals surface area contributed by atoms with Crippen LogP contribution in [0, 0.1) is 12.3 Å². The van der Waals surface area contributed by atoms with Crippen molar-refractivity contribution in [2.24, 2.45) is 11.1 Å². The number of para-hydroxylation sites is 1. The summed E-state index contributed by atoms with van der Waals surface area (Å²) in [7, 11) is 0. The van der Waals surface area contributed by atoms with E-state index in [1.54, 1.807) is 0 Å². The van der Waals surface area contributed by atoms with Crippen molar-refractivity contribution in [1.82, 2.24) is 10.3 Å².